The van der Waals surface area contributed by atoms with Gasteiger partial charge in [0, 0.05) is 13.0 Å². The zero-order valence-electron chi connectivity index (χ0n) is 6.56. The molecular weight excluding hydrogens is 164 g/mol. The van der Waals surface area contributed by atoms with Gasteiger partial charge in [-0.25, -0.2) is 4.79 Å². The molecule has 0 aliphatic carbocycles. The highest BCUT2D eigenvalue weighted by molar-refractivity contribution is 5.66. The summed E-state index contributed by atoms with van der Waals surface area (Å²) >= 11 is 0. The molecule has 0 saturated carbocycles. The first kappa shape index (κ1) is 10.8. The van der Waals surface area contributed by atoms with Crippen LogP contribution in [0.2, 0.25) is 0 Å². The lowest BCUT2D eigenvalue weighted by atomic mass is 10.2. The van der Waals surface area contributed by atoms with Crippen LogP contribution in [0.4, 0.5) is 0 Å². The van der Waals surface area contributed by atoms with Crippen molar-refractivity contribution in [1.29, 1.82) is 0 Å². The second kappa shape index (κ2) is 5.49. The Morgan fingerprint density at radius 1 is 1.75 bits per heavy atom. The van der Waals surface area contributed by atoms with Gasteiger partial charge in [-0.2, -0.15) is 0 Å². The smallest absolute Gasteiger partial charge is 0.303 e. The molecule has 0 heterocycles. The van der Waals surface area contributed by atoms with Gasteiger partial charge in [0.25, 0.3) is 0 Å². The topological polar surface area (TPSA) is 83.8 Å². The molecule has 2 N–H and O–H groups in total. The Kier molecular flexibility index (Phi) is 4.96. The summed E-state index contributed by atoms with van der Waals surface area (Å²) in [6.45, 7) is 0.547. The van der Waals surface area contributed by atoms with E-state index in [9.17, 15) is 9.59 Å². The summed E-state index contributed by atoms with van der Waals surface area (Å²) in [6.07, 6.45) is -1.57. The highest BCUT2D eigenvalue weighted by Crippen LogP contribution is 1.99. The lowest BCUT2D eigenvalue weighted by Crippen LogP contribution is -2.31. The predicted octanol–water partition coefficient (Wildman–Crippen LogP) is -1.34. The third-order valence-corrected chi connectivity index (χ3v) is 1.10. The minimum absolute atomic E-state index is 0.587. The molecule has 0 aromatic rings. The van der Waals surface area contributed by atoms with Gasteiger partial charge in [0.2, 0.25) is 0 Å². The Balaban J connectivity index is 4.21. The van der Waals surface area contributed by atoms with Gasteiger partial charge < -0.3 is 14.9 Å². The van der Waals surface area contributed by atoms with Crippen LogP contribution in [0.15, 0.2) is 6.08 Å². The van der Waals surface area contributed by atoms with Crippen molar-refractivity contribution < 1.29 is 24.5 Å². The van der Waals surface area contributed by atoms with Gasteiger partial charge >= 0.3 is 5.97 Å². The Morgan fingerprint density at radius 2 is 2.33 bits per heavy atom. The van der Waals surface area contributed by atoms with Crippen LogP contribution < -0.4 is 0 Å². The van der Waals surface area contributed by atoms with E-state index < -0.39 is 24.8 Å². The summed E-state index contributed by atoms with van der Waals surface area (Å²) in [4.78, 5) is 20.2. The lowest BCUT2D eigenvalue weighted by Gasteiger charge is -2.15. The van der Waals surface area contributed by atoms with Crippen LogP contribution in [0.25, 0.3) is 0 Å². The van der Waals surface area contributed by atoms with Crippen LogP contribution in [0.5, 0.6) is 0 Å². The molecule has 0 aromatic carbocycles. The maximum Gasteiger partial charge on any atom is 0.303 e. The number of aliphatic hydroxyl groups excluding tert-OH is 2. The fourth-order valence-corrected chi connectivity index (χ4v) is 0.586. The minimum Gasteiger partial charge on any atom is -0.455 e. The van der Waals surface area contributed by atoms with E-state index >= 15 is 0 Å². The zero-order chi connectivity index (χ0) is 9.56. The standard InChI is InChI=1S/C7H10O5/c1-5(10)12-7(2-3-8)6(11)4-9/h2,6-7,9,11H,4H2,1H3. The number of carbonyl (C=O) groups is 1. The van der Waals surface area contributed by atoms with Crippen LogP contribution in [-0.4, -0.2) is 40.9 Å². The van der Waals surface area contributed by atoms with Gasteiger partial charge in [0.1, 0.15) is 12.0 Å². The maximum atomic E-state index is 10.4. The Hall–Kier alpha value is -1.16. The van der Waals surface area contributed by atoms with E-state index in [1.165, 1.54) is 5.94 Å². The average molecular weight is 174 g/mol. The SMILES string of the molecule is CC(=O)OC(C=C=O)C(O)CO. The summed E-state index contributed by atoms with van der Waals surface area (Å²) < 4.78 is 4.48. The second-order valence-electron chi connectivity index (χ2n) is 2.11. The van der Waals surface area contributed by atoms with Crippen LogP contribution >= 0.6 is 0 Å². The van der Waals surface area contributed by atoms with Crippen molar-refractivity contribution >= 4 is 11.9 Å². The molecule has 0 spiro atoms. The van der Waals surface area contributed by atoms with Gasteiger partial charge in [-0.1, -0.05) is 0 Å². The zero-order valence-corrected chi connectivity index (χ0v) is 6.56. The molecule has 0 saturated heterocycles. The largest absolute Gasteiger partial charge is 0.455 e. The number of aliphatic hydroxyl groups is 2. The average Bonchev–Trinajstić information content (AvgIpc) is 2.01. The number of hydrogen-bond donors (Lipinski definition) is 2. The van der Waals surface area contributed by atoms with Crippen molar-refractivity contribution in [2.45, 2.75) is 19.1 Å². The van der Waals surface area contributed by atoms with Gasteiger partial charge in [-0.15, -0.1) is 0 Å². The van der Waals surface area contributed by atoms with E-state index in [0.717, 1.165) is 13.0 Å². The number of rotatable bonds is 4. The van der Waals surface area contributed by atoms with Gasteiger partial charge in [-0.05, 0) is 0 Å². The summed E-state index contributed by atoms with van der Waals surface area (Å²) in [5, 5.41) is 17.4. The summed E-state index contributed by atoms with van der Waals surface area (Å²) in [6, 6.07) is 0. The third-order valence-electron chi connectivity index (χ3n) is 1.10. The molecule has 2 unspecified atom stereocenters. The van der Waals surface area contributed by atoms with Crippen LogP contribution in [0.1, 0.15) is 6.92 Å². The van der Waals surface area contributed by atoms with E-state index in [1.807, 2.05) is 0 Å². The molecule has 0 aliphatic rings. The van der Waals surface area contributed by atoms with E-state index in [0.29, 0.717) is 0 Å². The fourth-order valence-electron chi connectivity index (χ4n) is 0.586. The first-order valence-corrected chi connectivity index (χ1v) is 3.29. The van der Waals surface area contributed by atoms with Crippen LogP contribution in [0, 0.1) is 0 Å². The molecule has 68 valence electrons. The monoisotopic (exact) mass is 174 g/mol. The molecule has 0 rings (SSSR count). The Bertz CT molecular complexity index is 194. The van der Waals surface area contributed by atoms with Crippen molar-refractivity contribution in [3.05, 3.63) is 6.08 Å². The predicted molar refractivity (Wildman–Crippen MR) is 38.9 cm³/mol. The maximum absolute atomic E-state index is 10.4. The first-order chi connectivity index (χ1) is 5.61. The van der Waals surface area contributed by atoms with Gasteiger partial charge in [0.15, 0.2) is 6.10 Å². The van der Waals surface area contributed by atoms with Crippen molar-refractivity contribution in [2.24, 2.45) is 0 Å². The fraction of sp³-hybridized carbons (Fsp3) is 0.571. The highest BCUT2D eigenvalue weighted by atomic mass is 16.6. The lowest BCUT2D eigenvalue weighted by molar-refractivity contribution is -0.149. The van der Waals surface area contributed by atoms with Gasteiger partial charge in [0.05, 0.1) is 6.61 Å². The molecule has 0 aliphatic heterocycles. The van der Waals surface area contributed by atoms with Crippen molar-refractivity contribution in [3.8, 4) is 0 Å². The highest BCUT2D eigenvalue weighted by Gasteiger charge is 2.18. The minimum atomic E-state index is -1.28. The summed E-state index contributed by atoms with van der Waals surface area (Å²) in [5.41, 5.74) is 0. The summed E-state index contributed by atoms with van der Waals surface area (Å²) in [7, 11) is 0. The molecular formula is C7H10O5. The molecule has 0 radical (unpaired) electrons. The molecule has 12 heavy (non-hydrogen) atoms. The third kappa shape index (κ3) is 3.88. The normalized spacial score (nSPS) is 14.2. The second-order valence-corrected chi connectivity index (χ2v) is 2.11. The van der Waals surface area contributed by atoms with E-state index in [2.05, 4.69) is 4.74 Å². The number of esters is 1. The number of ether oxygens (including phenoxy) is 1. The molecule has 0 fully saturated rings. The van der Waals surface area contributed by atoms with Crippen molar-refractivity contribution in [2.75, 3.05) is 6.61 Å². The number of carbonyl (C=O) groups excluding carboxylic acids is 2. The molecule has 0 amide bonds. The van der Waals surface area contributed by atoms with E-state index in [1.54, 1.807) is 0 Å². The molecule has 0 aromatic heterocycles. The van der Waals surface area contributed by atoms with Gasteiger partial charge in [-0.3, -0.25) is 4.79 Å². The molecule has 5 nitrogen and oxygen atoms in total. The molecule has 2 atom stereocenters. The summed E-state index contributed by atoms with van der Waals surface area (Å²) in [5.74, 6) is 0.725. The van der Waals surface area contributed by atoms with Crippen molar-refractivity contribution in [3.63, 3.8) is 0 Å². The first-order valence-electron chi connectivity index (χ1n) is 3.29. The van der Waals surface area contributed by atoms with Crippen LogP contribution in [0.3, 0.4) is 0 Å². The quantitative estimate of drug-likeness (QED) is 0.407. The Morgan fingerprint density at radius 3 is 2.67 bits per heavy atom. The van der Waals surface area contributed by atoms with E-state index in [4.69, 9.17) is 10.2 Å². The molecule has 5 heteroatoms. The van der Waals surface area contributed by atoms with Crippen LogP contribution in [-0.2, 0) is 14.3 Å². The number of hydrogen-bond acceptors (Lipinski definition) is 5. The van der Waals surface area contributed by atoms with Crippen molar-refractivity contribution in [1.82, 2.24) is 0 Å². The van der Waals surface area contributed by atoms with E-state index in [-0.39, 0.29) is 0 Å². The Labute approximate surface area is 69.3 Å². The molecule has 0 bridgehead atoms.